The Hall–Kier alpha value is -2.91. The van der Waals surface area contributed by atoms with Gasteiger partial charge in [-0.3, -0.25) is 9.05 Å². The lowest BCUT2D eigenvalue weighted by atomic mass is 10.0. The minimum absolute atomic E-state index is 0.0398. The fourth-order valence-corrected chi connectivity index (χ4v) is 7.41. The van der Waals surface area contributed by atoms with Crippen LogP contribution < -0.4 is 5.73 Å². The quantitative estimate of drug-likeness (QED) is 0.0603. The van der Waals surface area contributed by atoms with Crippen LogP contribution in [0.4, 0.5) is 10.2 Å². The van der Waals surface area contributed by atoms with Gasteiger partial charge in [0.2, 0.25) is 0 Å². The van der Waals surface area contributed by atoms with Crippen molar-refractivity contribution in [2.24, 2.45) is 0 Å². The molecule has 4 rings (SSSR count). The summed E-state index contributed by atoms with van der Waals surface area (Å²) in [6.45, 7) is 2.01. The largest absolute Gasteiger partial charge is 0.472 e. The van der Waals surface area contributed by atoms with E-state index in [-0.39, 0.29) is 31.5 Å². The summed E-state index contributed by atoms with van der Waals surface area (Å²) in [7, 11) is -4.42. The number of halogens is 1. The Balaban J connectivity index is 1.16. The summed E-state index contributed by atoms with van der Waals surface area (Å²) in [4.78, 5) is 14.5. The first-order valence-corrected chi connectivity index (χ1v) is 20.4. The van der Waals surface area contributed by atoms with E-state index < -0.39 is 25.8 Å². The Kier molecular flexibility index (Phi) is 17.8. The molecule has 3 N–H and O–H groups in total. The molecule has 0 spiro atoms. The Morgan fingerprint density at radius 2 is 1.67 bits per heavy atom. The highest BCUT2D eigenvalue weighted by Gasteiger charge is 2.32. The van der Waals surface area contributed by atoms with Gasteiger partial charge in [0.25, 0.3) is 0 Å². The number of nitriles is 1. The van der Waals surface area contributed by atoms with Crippen LogP contribution in [0.1, 0.15) is 145 Å². The maximum atomic E-state index is 14.0. The molecule has 0 saturated carbocycles. The van der Waals surface area contributed by atoms with Crippen molar-refractivity contribution in [2.45, 2.75) is 147 Å². The molecule has 1 aliphatic rings. The second kappa shape index (κ2) is 22.2. The Morgan fingerprint density at radius 1 is 1.00 bits per heavy atom. The molecule has 282 valence electrons. The average molecular weight is 730 g/mol. The zero-order valence-electron chi connectivity index (χ0n) is 30.2. The normalized spacial score (nSPS) is 17.8. The zero-order chi connectivity index (χ0) is 36.3. The Morgan fingerprint density at radius 3 is 2.33 bits per heavy atom. The molecule has 51 heavy (non-hydrogen) atoms. The van der Waals surface area contributed by atoms with Crippen molar-refractivity contribution in [3.8, 4) is 6.07 Å². The molecule has 0 bridgehead atoms. The van der Waals surface area contributed by atoms with Crippen molar-refractivity contribution in [1.29, 1.82) is 5.26 Å². The van der Waals surface area contributed by atoms with E-state index in [1.807, 2.05) is 18.2 Å². The number of benzene rings is 1. The smallest absolute Gasteiger partial charge is 0.382 e. The number of hydrogen-bond donors (Lipinski definition) is 2. The summed E-state index contributed by atoms with van der Waals surface area (Å²) < 4.78 is 51.5. The van der Waals surface area contributed by atoms with Gasteiger partial charge in [0, 0.05) is 0 Å². The van der Waals surface area contributed by atoms with E-state index >= 15 is 0 Å². The molecule has 3 heterocycles. The van der Waals surface area contributed by atoms with Crippen LogP contribution in [0, 0.1) is 17.1 Å². The van der Waals surface area contributed by atoms with Crippen LogP contribution in [0.2, 0.25) is 0 Å². The monoisotopic (exact) mass is 729 g/mol. The van der Waals surface area contributed by atoms with E-state index in [0.29, 0.717) is 36.2 Å². The molecule has 4 unspecified atom stereocenters. The van der Waals surface area contributed by atoms with E-state index in [0.717, 1.165) is 25.0 Å². The number of ether oxygens (including phenoxy) is 2. The molecule has 3 aromatic rings. The molecule has 1 fully saturated rings. The lowest BCUT2D eigenvalue weighted by Gasteiger charge is -2.21. The summed E-state index contributed by atoms with van der Waals surface area (Å²) in [6, 6.07) is 9.73. The number of nitrogens with zero attached hydrogens (tertiary/aromatic N) is 4. The number of nitrogen functional groups attached to an aromatic ring is 1. The van der Waals surface area contributed by atoms with Crippen molar-refractivity contribution in [2.75, 3.05) is 18.9 Å². The van der Waals surface area contributed by atoms with E-state index in [1.54, 1.807) is 10.6 Å². The molecule has 2 aromatic heterocycles. The summed E-state index contributed by atoms with van der Waals surface area (Å²) in [5.74, 6) is -0.146. The number of unbranched alkanes of at least 4 members (excludes halogenated alkanes) is 14. The maximum Gasteiger partial charge on any atom is 0.472 e. The van der Waals surface area contributed by atoms with Crippen LogP contribution in [-0.2, 0) is 29.7 Å². The lowest BCUT2D eigenvalue weighted by molar-refractivity contribution is -0.0173. The molecule has 0 aliphatic carbocycles. The van der Waals surface area contributed by atoms with Crippen LogP contribution in [0.15, 0.2) is 36.7 Å². The van der Waals surface area contributed by atoms with Crippen LogP contribution in [0.5, 0.6) is 0 Å². The number of hydrogen-bond acceptors (Lipinski definition) is 9. The topological polar surface area (TPSA) is 154 Å². The minimum Gasteiger partial charge on any atom is -0.382 e. The first-order valence-electron chi connectivity index (χ1n) is 18.9. The van der Waals surface area contributed by atoms with Crippen LogP contribution in [-0.4, -0.2) is 44.9 Å². The molecular weight excluding hydrogens is 672 g/mol. The van der Waals surface area contributed by atoms with Gasteiger partial charge in [-0.2, -0.15) is 10.4 Å². The number of fused-ring (bicyclic) bond motifs is 1. The molecule has 1 saturated heterocycles. The molecule has 0 radical (unpaired) electrons. The molecule has 11 nitrogen and oxygen atoms in total. The number of rotatable bonds is 26. The average Bonchev–Trinajstić information content (AvgIpc) is 3.78. The standard InChI is InChI=1S/C38H57FN5O6P/c1-2-3-4-5-6-7-8-9-10-11-12-13-14-15-16-17-33(47-26-31-22-30(25-40)23-32(39)24-31)27-48-51(45,46)49-28-34-18-21-37(50-34)35-19-20-36-38(41)42-29-43-44(35)36/h19-20,22-24,29,33-34,37H,2-18,21,26-28H2,1H3,(H,45,46)(H2,41,42,43). The third-order valence-electron chi connectivity index (χ3n) is 9.50. The van der Waals surface area contributed by atoms with Gasteiger partial charge in [0.05, 0.1) is 49.4 Å². The summed E-state index contributed by atoms with van der Waals surface area (Å²) in [5.41, 5.74) is 8.17. The van der Waals surface area contributed by atoms with E-state index in [2.05, 4.69) is 17.0 Å². The van der Waals surface area contributed by atoms with Crippen LogP contribution in [0.25, 0.3) is 5.52 Å². The number of anilines is 1. The highest BCUT2D eigenvalue weighted by molar-refractivity contribution is 7.47. The van der Waals surface area contributed by atoms with Crippen molar-refractivity contribution in [1.82, 2.24) is 14.6 Å². The van der Waals surface area contributed by atoms with Crippen molar-refractivity contribution < 1.29 is 32.4 Å². The van der Waals surface area contributed by atoms with Crippen LogP contribution in [0.3, 0.4) is 0 Å². The lowest BCUT2D eigenvalue weighted by Crippen LogP contribution is -2.21. The number of nitrogens with two attached hydrogens (primary N) is 1. The predicted molar refractivity (Wildman–Crippen MR) is 195 cm³/mol. The number of phosphoric acid groups is 1. The first-order chi connectivity index (χ1) is 24.8. The SMILES string of the molecule is CCCCCCCCCCCCCCCCCC(COP(=O)(O)OCC1CCC(c2ccc3c(N)ncnn23)O1)OCc1cc(F)cc(C#N)c1. The number of phosphoric ester groups is 1. The summed E-state index contributed by atoms with van der Waals surface area (Å²) in [6.07, 6.45) is 20.9. The minimum atomic E-state index is -4.42. The van der Waals surface area contributed by atoms with Gasteiger partial charge in [-0.1, -0.05) is 103 Å². The van der Waals surface area contributed by atoms with Gasteiger partial charge in [-0.25, -0.2) is 18.5 Å². The first kappa shape index (κ1) is 40.9. The third-order valence-corrected chi connectivity index (χ3v) is 10.4. The highest BCUT2D eigenvalue weighted by Crippen LogP contribution is 2.45. The summed E-state index contributed by atoms with van der Waals surface area (Å²) >= 11 is 0. The van der Waals surface area contributed by atoms with E-state index in [1.165, 1.54) is 95.5 Å². The fraction of sp³-hybridized carbons (Fsp3) is 0.658. The molecule has 13 heteroatoms. The molecule has 1 aliphatic heterocycles. The predicted octanol–water partition coefficient (Wildman–Crippen LogP) is 9.52. The van der Waals surface area contributed by atoms with Gasteiger partial charge in [0.1, 0.15) is 23.8 Å². The van der Waals surface area contributed by atoms with Crippen molar-refractivity contribution >= 4 is 19.2 Å². The van der Waals surface area contributed by atoms with Gasteiger partial charge >= 0.3 is 7.82 Å². The molecule has 4 atom stereocenters. The van der Waals surface area contributed by atoms with Gasteiger partial charge < -0.3 is 20.1 Å². The highest BCUT2D eigenvalue weighted by atomic mass is 31.2. The Labute approximate surface area is 302 Å². The fourth-order valence-electron chi connectivity index (χ4n) is 6.63. The van der Waals surface area contributed by atoms with Crippen LogP contribution >= 0.6 is 7.82 Å². The Bertz CT molecular complexity index is 1550. The van der Waals surface area contributed by atoms with Gasteiger partial charge in [-0.15, -0.1) is 0 Å². The second-order valence-electron chi connectivity index (χ2n) is 13.7. The molecule has 1 aromatic carbocycles. The molecule has 0 amide bonds. The molecular formula is C38H57FN5O6P. The van der Waals surface area contributed by atoms with Gasteiger partial charge in [-0.05, 0) is 55.2 Å². The number of aromatic nitrogens is 3. The van der Waals surface area contributed by atoms with Gasteiger partial charge in [0.15, 0.2) is 5.82 Å². The van der Waals surface area contributed by atoms with Crippen molar-refractivity contribution in [3.05, 3.63) is 59.3 Å². The second-order valence-corrected chi connectivity index (χ2v) is 15.2. The summed E-state index contributed by atoms with van der Waals surface area (Å²) in [5, 5.41) is 13.5. The van der Waals surface area contributed by atoms with Crippen molar-refractivity contribution in [3.63, 3.8) is 0 Å². The van der Waals surface area contributed by atoms with E-state index in [4.69, 9.17) is 24.3 Å². The third kappa shape index (κ3) is 14.6. The maximum absolute atomic E-state index is 14.0. The van der Waals surface area contributed by atoms with E-state index in [9.17, 15) is 19.1 Å². The zero-order valence-corrected chi connectivity index (χ0v) is 31.1.